The van der Waals surface area contributed by atoms with Gasteiger partial charge in [0, 0.05) is 25.9 Å². The van der Waals surface area contributed by atoms with E-state index in [9.17, 15) is 19.2 Å². The third-order valence-corrected chi connectivity index (χ3v) is 11.6. The average Bonchev–Trinajstić information content (AvgIpc) is 3.52. The molecule has 0 saturated heterocycles. The van der Waals surface area contributed by atoms with E-state index in [1.807, 2.05) is 24.3 Å². The van der Waals surface area contributed by atoms with Crippen LogP contribution in [0.3, 0.4) is 0 Å². The van der Waals surface area contributed by atoms with E-state index in [4.69, 9.17) is 0 Å². The van der Waals surface area contributed by atoms with Gasteiger partial charge in [-0.2, -0.15) is 0 Å². The number of amides is 4. The number of hydrogen-bond acceptors (Lipinski definition) is 4. The van der Waals surface area contributed by atoms with Gasteiger partial charge in [0.2, 0.25) is 0 Å². The number of benzene rings is 2. The fourth-order valence-electron chi connectivity index (χ4n) is 8.96. The number of imide groups is 2. The predicted octanol–water partition coefficient (Wildman–Crippen LogP) is 4.35. The molecule has 2 N–H and O–H groups in total. The molecule has 2 heterocycles. The molecule has 48 heavy (non-hydrogen) atoms. The first kappa shape index (κ1) is 34.5. The summed E-state index contributed by atoms with van der Waals surface area (Å²) < 4.78 is 0. The zero-order chi connectivity index (χ0) is 33.3. The van der Waals surface area contributed by atoms with Gasteiger partial charge in [-0.1, -0.05) is 37.1 Å². The standard InChI is InChI=1S/C40H54N4O4/c45-37-33-21-9-10-22-34(33)38(46)43(37)29-15-27-41(31-17-5-3-6-18-31)25-13-1-2-14-26-42(32-19-7-4-8-20-32)28-16-30-44-39(47)35-23-11-12-24-36(35)40(44)48/h9-12,21-24,31-32H,1-8,13-20,25-30H2/p+2. The van der Waals surface area contributed by atoms with E-state index in [1.54, 1.807) is 34.1 Å². The number of carbonyl (C=O) groups is 4. The van der Waals surface area contributed by atoms with E-state index in [2.05, 4.69) is 0 Å². The lowest BCUT2D eigenvalue weighted by Crippen LogP contribution is -3.16. The van der Waals surface area contributed by atoms with Crippen molar-refractivity contribution in [3.63, 3.8) is 0 Å². The van der Waals surface area contributed by atoms with Crippen LogP contribution in [0.5, 0.6) is 0 Å². The lowest BCUT2D eigenvalue weighted by Gasteiger charge is -2.32. The van der Waals surface area contributed by atoms with Gasteiger partial charge in [-0.05, 0) is 101 Å². The Labute approximate surface area is 286 Å². The molecule has 258 valence electrons. The molecule has 0 aromatic heterocycles. The number of fused-ring (bicyclic) bond motifs is 2. The summed E-state index contributed by atoms with van der Waals surface area (Å²) in [5.41, 5.74) is 2.19. The molecule has 2 atom stereocenters. The molecule has 2 unspecified atom stereocenters. The Balaban J connectivity index is 0.936. The highest BCUT2D eigenvalue weighted by atomic mass is 16.2. The average molecular weight is 657 g/mol. The third-order valence-electron chi connectivity index (χ3n) is 11.6. The summed E-state index contributed by atoms with van der Waals surface area (Å²) >= 11 is 0. The van der Waals surface area contributed by atoms with Crippen molar-refractivity contribution in [2.24, 2.45) is 0 Å². The van der Waals surface area contributed by atoms with Gasteiger partial charge in [-0.25, -0.2) is 0 Å². The molecular weight excluding hydrogens is 600 g/mol. The summed E-state index contributed by atoms with van der Waals surface area (Å²) in [7, 11) is 0. The second-order valence-electron chi connectivity index (χ2n) is 14.7. The van der Waals surface area contributed by atoms with Crippen molar-refractivity contribution in [2.45, 2.75) is 115 Å². The maximum Gasteiger partial charge on any atom is 0.261 e. The van der Waals surface area contributed by atoms with Crippen LogP contribution < -0.4 is 9.80 Å². The van der Waals surface area contributed by atoms with Crippen LogP contribution in [0.4, 0.5) is 0 Å². The van der Waals surface area contributed by atoms with Gasteiger partial charge in [-0.3, -0.25) is 29.0 Å². The van der Waals surface area contributed by atoms with Crippen LogP contribution in [-0.2, 0) is 0 Å². The van der Waals surface area contributed by atoms with Crippen LogP contribution in [0.15, 0.2) is 48.5 Å². The van der Waals surface area contributed by atoms with E-state index in [0.717, 1.165) is 25.9 Å². The molecule has 4 amide bonds. The zero-order valence-electron chi connectivity index (χ0n) is 28.9. The molecule has 4 aliphatic rings. The molecule has 8 heteroatoms. The Hall–Kier alpha value is -3.36. The second-order valence-corrected chi connectivity index (χ2v) is 14.7. The fraction of sp³-hybridized carbons (Fsp3) is 0.600. The predicted molar refractivity (Wildman–Crippen MR) is 186 cm³/mol. The van der Waals surface area contributed by atoms with E-state index in [0.29, 0.717) is 47.4 Å². The van der Waals surface area contributed by atoms with E-state index in [-0.39, 0.29) is 23.6 Å². The van der Waals surface area contributed by atoms with Crippen molar-refractivity contribution in [2.75, 3.05) is 39.3 Å². The molecule has 0 radical (unpaired) electrons. The minimum absolute atomic E-state index is 0.136. The van der Waals surface area contributed by atoms with Crippen molar-refractivity contribution in [3.8, 4) is 0 Å². The van der Waals surface area contributed by atoms with Crippen LogP contribution in [-0.4, -0.2) is 84.8 Å². The molecule has 0 spiro atoms. The maximum absolute atomic E-state index is 12.9. The van der Waals surface area contributed by atoms with Crippen LogP contribution in [0, 0.1) is 0 Å². The zero-order valence-corrected chi connectivity index (χ0v) is 28.9. The molecule has 2 aliphatic carbocycles. The normalized spacial score (nSPS) is 20.0. The summed E-state index contributed by atoms with van der Waals surface area (Å²) in [5, 5.41) is 0. The van der Waals surface area contributed by atoms with Crippen LogP contribution in [0.2, 0.25) is 0 Å². The van der Waals surface area contributed by atoms with Crippen molar-refractivity contribution in [3.05, 3.63) is 70.8 Å². The van der Waals surface area contributed by atoms with Gasteiger partial charge in [-0.15, -0.1) is 0 Å². The molecule has 2 aromatic rings. The van der Waals surface area contributed by atoms with Gasteiger partial charge in [0.05, 0.1) is 60.5 Å². The number of quaternary nitrogens is 2. The Morgan fingerprint density at radius 3 is 1.08 bits per heavy atom. The number of unbranched alkanes of at least 4 members (excludes halogenated alkanes) is 3. The molecule has 8 nitrogen and oxygen atoms in total. The second kappa shape index (κ2) is 16.8. The fourth-order valence-corrected chi connectivity index (χ4v) is 8.96. The third kappa shape index (κ3) is 8.08. The van der Waals surface area contributed by atoms with Crippen molar-refractivity contribution in [1.82, 2.24) is 9.80 Å². The number of nitrogens with one attached hydrogen (secondary N) is 2. The molecular formula is C40H56N4O4+2. The smallest absolute Gasteiger partial charge is 0.261 e. The highest BCUT2D eigenvalue weighted by molar-refractivity contribution is 6.22. The molecule has 6 rings (SSSR count). The van der Waals surface area contributed by atoms with E-state index in [1.165, 1.54) is 113 Å². The topological polar surface area (TPSA) is 83.6 Å². The summed E-state index contributed by atoms with van der Waals surface area (Å²) in [6, 6.07) is 15.8. The summed E-state index contributed by atoms with van der Waals surface area (Å²) in [4.78, 5) is 57.7. The molecule has 2 fully saturated rings. The first-order valence-electron chi connectivity index (χ1n) is 19.1. The lowest BCUT2D eigenvalue weighted by atomic mass is 9.93. The summed E-state index contributed by atoms with van der Waals surface area (Å²) in [6.07, 6.45) is 19.8. The van der Waals surface area contributed by atoms with Gasteiger partial charge in [0.15, 0.2) is 0 Å². The first-order valence-corrected chi connectivity index (χ1v) is 19.1. The number of rotatable bonds is 17. The lowest BCUT2D eigenvalue weighted by molar-refractivity contribution is -0.928. The number of nitrogens with zero attached hydrogens (tertiary/aromatic N) is 2. The van der Waals surface area contributed by atoms with E-state index >= 15 is 0 Å². The number of carbonyl (C=O) groups excluding carboxylic acids is 4. The van der Waals surface area contributed by atoms with Gasteiger partial charge < -0.3 is 9.80 Å². The number of hydrogen-bond donors (Lipinski definition) is 2. The Morgan fingerprint density at radius 2 is 0.750 bits per heavy atom. The van der Waals surface area contributed by atoms with E-state index < -0.39 is 0 Å². The minimum Gasteiger partial charge on any atom is -0.332 e. The summed E-state index contributed by atoms with van der Waals surface area (Å²) in [5.74, 6) is -0.545. The van der Waals surface area contributed by atoms with Gasteiger partial charge in [0.1, 0.15) is 0 Å². The highest BCUT2D eigenvalue weighted by Gasteiger charge is 2.36. The molecule has 0 bridgehead atoms. The monoisotopic (exact) mass is 656 g/mol. The molecule has 2 saturated carbocycles. The highest BCUT2D eigenvalue weighted by Crippen LogP contribution is 2.24. The van der Waals surface area contributed by atoms with Crippen molar-refractivity contribution < 1.29 is 29.0 Å². The van der Waals surface area contributed by atoms with Crippen LogP contribution >= 0.6 is 0 Å². The largest absolute Gasteiger partial charge is 0.332 e. The Kier molecular flexibility index (Phi) is 12.1. The van der Waals surface area contributed by atoms with Crippen LogP contribution in [0.1, 0.15) is 144 Å². The summed E-state index contributed by atoms with van der Waals surface area (Å²) in [6.45, 7) is 5.40. The van der Waals surface area contributed by atoms with Gasteiger partial charge in [0.25, 0.3) is 23.6 Å². The van der Waals surface area contributed by atoms with Crippen molar-refractivity contribution in [1.29, 1.82) is 0 Å². The Morgan fingerprint density at radius 1 is 0.438 bits per heavy atom. The first-order chi connectivity index (χ1) is 23.5. The minimum atomic E-state index is -0.136. The maximum atomic E-state index is 12.9. The Bertz CT molecular complexity index is 1250. The quantitative estimate of drug-likeness (QED) is 0.196. The molecule has 2 aliphatic heterocycles. The molecule has 2 aromatic carbocycles. The van der Waals surface area contributed by atoms with Gasteiger partial charge >= 0.3 is 0 Å². The van der Waals surface area contributed by atoms with Crippen LogP contribution in [0.25, 0.3) is 0 Å². The SMILES string of the molecule is O=C1c2ccccc2C(=O)N1CCC[NH+](CCCCCC[NH+](CCCN1C(=O)c2ccccc2C1=O)C1CCCCC1)C1CCCCC1. The van der Waals surface area contributed by atoms with Crippen molar-refractivity contribution >= 4 is 23.6 Å².